The number of hydrogen-bond donors (Lipinski definition) is 1. The molecule has 120 valence electrons. The molecule has 0 saturated carbocycles. The summed E-state index contributed by atoms with van der Waals surface area (Å²) in [5, 5.41) is 9.54. The number of amides is 1. The molecule has 0 spiro atoms. The maximum Gasteiger partial charge on any atom is 0.263 e. The van der Waals surface area contributed by atoms with Crippen molar-refractivity contribution in [3.63, 3.8) is 0 Å². The first kappa shape index (κ1) is 15.8. The largest absolute Gasteiger partial charge is 0.508 e. The van der Waals surface area contributed by atoms with Gasteiger partial charge in [0.1, 0.15) is 5.75 Å². The summed E-state index contributed by atoms with van der Waals surface area (Å²) in [6, 6.07) is 21.9. The number of rotatable bonds is 3. The Kier molecular flexibility index (Phi) is 4.34. The number of carbonyl (C=O) groups is 1. The van der Waals surface area contributed by atoms with E-state index in [9.17, 15) is 9.90 Å². The van der Waals surface area contributed by atoms with Gasteiger partial charge in [0.15, 0.2) is 0 Å². The van der Waals surface area contributed by atoms with Gasteiger partial charge in [-0.2, -0.15) is 0 Å². The van der Waals surface area contributed by atoms with Crippen LogP contribution in [0.4, 0.5) is 11.4 Å². The third kappa shape index (κ3) is 3.01. The summed E-state index contributed by atoms with van der Waals surface area (Å²) in [4.78, 5) is 14.9. The Bertz CT molecular complexity index is 855. The zero-order valence-electron chi connectivity index (χ0n) is 13.7. The van der Waals surface area contributed by atoms with Gasteiger partial charge in [0, 0.05) is 16.9 Å². The highest BCUT2D eigenvalue weighted by Crippen LogP contribution is 2.29. The van der Waals surface area contributed by atoms with Crippen LogP contribution >= 0.6 is 0 Å². The van der Waals surface area contributed by atoms with Crippen molar-refractivity contribution in [3.05, 3.63) is 89.5 Å². The average molecular weight is 317 g/mol. The first-order valence-electron chi connectivity index (χ1n) is 7.82. The second kappa shape index (κ2) is 6.59. The van der Waals surface area contributed by atoms with Crippen LogP contribution in [-0.2, 0) is 0 Å². The third-order valence-electron chi connectivity index (χ3n) is 4.16. The molecule has 1 amide bonds. The quantitative estimate of drug-likeness (QED) is 0.739. The average Bonchev–Trinajstić information content (AvgIpc) is 2.60. The van der Waals surface area contributed by atoms with Crippen LogP contribution in [0.2, 0.25) is 0 Å². The molecule has 0 radical (unpaired) electrons. The molecule has 3 rings (SSSR count). The number of carbonyl (C=O) groups excluding carboxylic acids is 1. The number of aryl methyl sites for hydroxylation is 1. The van der Waals surface area contributed by atoms with Gasteiger partial charge in [-0.1, -0.05) is 30.3 Å². The van der Waals surface area contributed by atoms with E-state index in [0.717, 1.165) is 16.8 Å². The molecule has 0 aliphatic carbocycles. The Morgan fingerprint density at radius 1 is 0.792 bits per heavy atom. The van der Waals surface area contributed by atoms with E-state index in [-0.39, 0.29) is 11.7 Å². The van der Waals surface area contributed by atoms with Crippen molar-refractivity contribution in [2.45, 2.75) is 13.8 Å². The second-order valence-corrected chi connectivity index (χ2v) is 5.74. The summed E-state index contributed by atoms with van der Waals surface area (Å²) >= 11 is 0. The monoisotopic (exact) mass is 317 g/mol. The van der Waals surface area contributed by atoms with Gasteiger partial charge < -0.3 is 5.11 Å². The normalized spacial score (nSPS) is 10.4. The molecule has 0 aromatic heterocycles. The number of anilines is 2. The van der Waals surface area contributed by atoms with E-state index in [0.29, 0.717) is 11.3 Å². The van der Waals surface area contributed by atoms with Crippen LogP contribution in [0.5, 0.6) is 5.75 Å². The van der Waals surface area contributed by atoms with Gasteiger partial charge in [0.05, 0.1) is 0 Å². The van der Waals surface area contributed by atoms with E-state index in [2.05, 4.69) is 0 Å². The van der Waals surface area contributed by atoms with Crippen LogP contribution in [0.3, 0.4) is 0 Å². The predicted octanol–water partition coefficient (Wildman–Crippen LogP) is 4.99. The van der Waals surface area contributed by atoms with E-state index in [4.69, 9.17) is 0 Å². The van der Waals surface area contributed by atoms with E-state index in [1.807, 2.05) is 62.4 Å². The van der Waals surface area contributed by atoms with E-state index >= 15 is 0 Å². The Morgan fingerprint density at radius 3 is 2.08 bits per heavy atom. The highest BCUT2D eigenvalue weighted by Gasteiger charge is 2.21. The van der Waals surface area contributed by atoms with Gasteiger partial charge >= 0.3 is 0 Å². The minimum Gasteiger partial charge on any atom is -0.508 e. The van der Waals surface area contributed by atoms with Crippen LogP contribution in [0.15, 0.2) is 72.8 Å². The Morgan fingerprint density at radius 2 is 1.42 bits per heavy atom. The number of hydrogen-bond acceptors (Lipinski definition) is 2. The molecule has 24 heavy (non-hydrogen) atoms. The minimum absolute atomic E-state index is 0.0897. The van der Waals surface area contributed by atoms with Crippen LogP contribution in [-0.4, -0.2) is 11.0 Å². The molecule has 0 bridgehead atoms. The van der Waals surface area contributed by atoms with Gasteiger partial charge in [-0.25, -0.2) is 0 Å². The molecular formula is C21H19NO2. The third-order valence-corrected chi connectivity index (χ3v) is 4.16. The number of benzene rings is 3. The van der Waals surface area contributed by atoms with Crippen molar-refractivity contribution in [3.8, 4) is 5.75 Å². The molecular weight excluding hydrogens is 298 g/mol. The highest BCUT2D eigenvalue weighted by atomic mass is 16.3. The molecule has 0 unspecified atom stereocenters. The Hall–Kier alpha value is -3.07. The zero-order valence-corrected chi connectivity index (χ0v) is 13.7. The molecule has 1 N–H and O–H groups in total. The van der Waals surface area contributed by atoms with Gasteiger partial charge in [0.2, 0.25) is 0 Å². The van der Waals surface area contributed by atoms with Gasteiger partial charge in [-0.05, 0) is 67.4 Å². The first-order chi connectivity index (χ1) is 11.6. The lowest BCUT2D eigenvalue weighted by molar-refractivity contribution is 0.0998. The minimum atomic E-state index is -0.0897. The van der Waals surface area contributed by atoms with E-state index in [1.54, 1.807) is 29.2 Å². The molecule has 0 atom stereocenters. The lowest BCUT2D eigenvalue weighted by Crippen LogP contribution is -2.26. The second-order valence-electron chi connectivity index (χ2n) is 5.74. The zero-order chi connectivity index (χ0) is 17.1. The van der Waals surface area contributed by atoms with E-state index < -0.39 is 0 Å². The fourth-order valence-electron chi connectivity index (χ4n) is 2.67. The summed E-state index contributed by atoms with van der Waals surface area (Å²) in [6.45, 7) is 3.96. The molecule has 3 aromatic carbocycles. The molecule has 3 heteroatoms. The molecule has 0 heterocycles. The number of para-hydroxylation sites is 1. The van der Waals surface area contributed by atoms with Crippen LogP contribution in [0.1, 0.15) is 21.5 Å². The summed E-state index contributed by atoms with van der Waals surface area (Å²) in [6.07, 6.45) is 0. The fourth-order valence-corrected chi connectivity index (χ4v) is 2.67. The molecule has 0 saturated heterocycles. The predicted molar refractivity (Wildman–Crippen MR) is 96.9 cm³/mol. The van der Waals surface area contributed by atoms with Crippen molar-refractivity contribution in [2.24, 2.45) is 0 Å². The highest BCUT2D eigenvalue weighted by molar-refractivity contribution is 6.11. The van der Waals surface area contributed by atoms with Gasteiger partial charge in [-0.3, -0.25) is 9.69 Å². The van der Waals surface area contributed by atoms with Gasteiger partial charge in [-0.15, -0.1) is 0 Å². The summed E-state index contributed by atoms with van der Waals surface area (Å²) in [7, 11) is 0. The van der Waals surface area contributed by atoms with Gasteiger partial charge in [0.25, 0.3) is 5.91 Å². The maximum absolute atomic E-state index is 13.3. The summed E-state index contributed by atoms with van der Waals surface area (Å²) in [5.74, 6) is 0.0824. The number of phenolic OH excluding ortho intramolecular Hbond substituents is 1. The van der Waals surface area contributed by atoms with Crippen molar-refractivity contribution >= 4 is 17.3 Å². The summed E-state index contributed by atoms with van der Waals surface area (Å²) < 4.78 is 0. The first-order valence-corrected chi connectivity index (χ1v) is 7.82. The summed E-state index contributed by atoms with van der Waals surface area (Å²) in [5.41, 5.74) is 4.23. The molecule has 0 aliphatic heterocycles. The standard InChI is InChI=1S/C21H19NO2/c1-15-7-6-10-20(16(15)2)21(24)22(17-8-4-3-5-9-17)18-11-13-19(23)14-12-18/h3-14,23H,1-2H3. The molecule has 0 aliphatic rings. The SMILES string of the molecule is Cc1cccc(C(=O)N(c2ccccc2)c2ccc(O)cc2)c1C. The molecule has 3 aromatic rings. The maximum atomic E-state index is 13.3. The lowest BCUT2D eigenvalue weighted by Gasteiger charge is -2.24. The van der Waals surface area contributed by atoms with Crippen molar-refractivity contribution in [1.82, 2.24) is 0 Å². The Labute approximate surface area is 141 Å². The lowest BCUT2D eigenvalue weighted by atomic mass is 10.0. The molecule has 0 fully saturated rings. The van der Waals surface area contributed by atoms with E-state index in [1.165, 1.54) is 0 Å². The smallest absolute Gasteiger partial charge is 0.263 e. The number of aromatic hydroxyl groups is 1. The van der Waals surface area contributed by atoms with Crippen molar-refractivity contribution in [2.75, 3.05) is 4.90 Å². The molecule has 3 nitrogen and oxygen atoms in total. The fraction of sp³-hybridized carbons (Fsp3) is 0.0952. The number of nitrogens with zero attached hydrogens (tertiary/aromatic N) is 1. The van der Waals surface area contributed by atoms with Crippen molar-refractivity contribution < 1.29 is 9.90 Å². The topological polar surface area (TPSA) is 40.5 Å². The number of phenols is 1. The Balaban J connectivity index is 2.13. The van der Waals surface area contributed by atoms with Crippen LogP contribution in [0, 0.1) is 13.8 Å². The van der Waals surface area contributed by atoms with Crippen molar-refractivity contribution in [1.29, 1.82) is 0 Å². The van der Waals surface area contributed by atoms with Crippen LogP contribution < -0.4 is 4.90 Å². The van der Waals surface area contributed by atoms with Crippen LogP contribution in [0.25, 0.3) is 0 Å².